The van der Waals surface area contributed by atoms with Crippen molar-refractivity contribution in [3.8, 4) is 0 Å². The first-order valence-electron chi connectivity index (χ1n) is 4.09. The van der Waals surface area contributed by atoms with Crippen LogP contribution in [-0.4, -0.2) is 29.2 Å². The lowest BCUT2D eigenvalue weighted by atomic mass is 10.4. The minimum absolute atomic E-state index is 0.397. The van der Waals surface area contributed by atoms with Crippen LogP contribution in [0.5, 0.6) is 0 Å². The second kappa shape index (κ2) is 3.19. The summed E-state index contributed by atoms with van der Waals surface area (Å²) in [4.78, 5) is 2.56. The van der Waals surface area contributed by atoms with Gasteiger partial charge in [0.05, 0.1) is 0 Å². The SMILES string of the molecule is CC(C)N1CP(C(C)C)C1. The Labute approximate surface area is 65.5 Å². The second-order valence-electron chi connectivity index (χ2n) is 3.65. The molecule has 60 valence electrons. The van der Waals surface area contributed by atoms with Crippen LogP contribution in [-0.2, 0) is 0 Å². The highest BCUT2D eigenvalue weighted by atomic mass is 31.1. The summed E-state index contributed by atoms with van der Waals surface area (Å²) in [7, 11) is 0.397. The van der Waals surface area contributed by atoms with Crippen LogP contribution in [0.4, 0.5) is 0 Å². The first kappa shape index (κ1) is 8.49. The minimum atomic E-state index is 0.397. The van der Waals surface area contributed by atoms with Crippen molar-refractivity contribution >= 4 is 7.92 Å². The third-order valence-electron chi connectivity index (χ3n) is 2.19. The number of hydrogen-bond acceptors (Lipinski definition) is 1. The summed E-state index contributed by atoms with van der Waals surface area (Å²) < 4.78 is 0. The van der Waals surface area contributed by atoms with Gasteiger partial charge >= 0.3 is 0 Å². The van der Waals surface area contributed by atoms with Crippen LogP contribution >= 0.6 is 7.92 Å². The molecular formula is C8H18NP. The van der Waals surface area contributed by atoms with Gasteiger partial charge in [0.2, 0.25) is 0 Å². The minimum Gasteiger partial charge on any atom is -0.293 e. The van der Waals surface area contributed by atoms with Gasteiger partial charge < -0.3 is 0 Å². The molecule has 0 N–H and O–H groups in total. The summed E-state index contributed by atoms with van der Waals surface area (Å²) in [5.74, 6) is 0. The molecule has 1 aliphatic heterocycles. The predicted octanol–water partition coefficient (Wildman–Crippen LogP) is 2.52. The Morgan fingerprint density at radius 1 is 1.10 bits per heavy atom. The first-order valence-corrected chi connectivity index (χ1v) is 5.87. The quantitative estimate of drug-likeness (QED) is 0.559. The molecule has 2 heteroatoms. The third-order valence-corrected chi connectivity index (χ3v) is 5.10. The maximum atomic E-state index is 2.56. The summed E-state index contributed by atoms with van der Waals surface area (Å²) in [6.07, 6.45) is 2.79. The molecule has 1 rings (SSSR count). The van der Waals surface area contributed by atoms with E-state index >= 15 is 0 Å². The molecule has 0 bridgehead atoms. The molecular weight excluding hydrogens is 141 g/mol. The van der Waals surface area contributed by atoms with Crippen LogP contribution in [0.1, 0.15) is 27.7 Å². The molecule has 0 saturated carbocycles. The van der Waals surface area contributed by atoms with Gasteiger partial charge in [0, 0.05) is 18.6 Å². The molecule has 1 saturated heterocycles. The maximum absolute atomic E-state index is 2.56. The number of hydrogen-bond donors (Lipinski definition) is 0. The molecule has 10 heavy (non-hydrogen) atoms. The molecule has 0 aromatic rings. The Hall–Kier alpha value is 0.390. The van der Waals surface area contributed by atoms with Gasteiger partial charge in [0.15, 0.2) is 0 Å². The van der Waals surface area contributed by atoms with Crippen LogP contribution in [0.25, 0.3) is 0 Å². The normalized spacial score (nSPS) is 22.2. The van der Waals surface area contributed by atoms with E-state index in [1.54, 1.807) is 0 Å². The smallest absolute Gasteiger partial charge is 0.0204 e. The fourth-order valence-electron chi connectivity index (χ4n) is 1.08. The molecule has 1 heterocycles. The molecule has 0 atom stereocenters. The van der Waals surface area contributed by atoms with Gasteiger partial charge in [-0.2, -0.15) is 0 Å². The van der Waals surface area contributed by atoms with Crippen LogP contribution in [0.15, 0.2) is 0 Å². The van der Waals surface area contributed by atoms with Gasteiger partial charge in [-0.05, 0) is 19.5 Å². The Kier molecular flexibility index (Phi) is 2.71. The van der Waals surface area contributed by atoms with E-state index in [4.69, 9.17) is 0 Å². The molecule has 1 fully saturated rings. The van der Waals surface area contributed by atoms with Crippen LogP contribution in [0.2, 0.25) is 0 Å². The van der Waals surface area contributed by atoms with Crippen molar-refractivity contribution in [2.24, 2.45) is 0 Å². The highest BCUT2D eigenvalue weighted by Crippen LogP contribution is 2.50. The first-order chi connectivity index (χ1) is 4.61. The number of rotatable bonds is 2. The molecule has 0 amide bonds. The maximum Gasteiger partial charge on any atom is 0.0204 e. The molecule has 0 radical (unpaired) electrons. The molecule has 0 aliphatic carbocycles. The zero-order valence-corrected chi connectivity index (χ0v) is 8.36. The monoisotopic (exact) mass is 159 g/mol. The van der Waals surface area contributed by atoms with Crippen molar-refractivity contribution in [3.63, 3.8) is 0 Å². The Morgan fingerprint density at radius 2 is 1.60 bits per heavy atom. The van der Waals surface area contributed by atoms with Gasteiger partial charge in [0.25, 0.3) is 0 Å². The molecule has 0 aromatic heterocycles. The van der Waals surface area contributed by atoms with Crippen LogP contribution < -0.4 is 0 Å². The fourth-order valence-corrected chi connectivity index (χ4v) is 3.24. The largest absolute Gasteiger partial charge is 0.293 e. The summed E-state index contributed by atoms with van der Waals surface area (Å²) >= 11 is 0. The van der Waals surface area contributed by atoms with E-state index in [1.807, 2.05) is 0 Å². The van der Waals surface area contributed by atoms with Crippen molar-refractivity contribution < 1.29 is 0 Å². The van der Waals surface area contributed by atoms with Crippen LogP contribution in [0.3, 0.4) is 0 Å². The van der Waals surface area contributed by atoms with Gasteiger partial charge in [-0.3, -0.25) is 4.90 Å². The van der Waals surface area contributed by atoms with E-state index < -0.39 is 0 Å². The van der Waals surface area contributed by atoms with E-state index in [1.165, 1.54) is 12.6 Å². The van der Waals surface area contributed by atoms with Crippen molar-refractivity contribution in [1.82, 2.24) is 4.90 Å². The lowest BCUT2D eigenvalue weighted by Crippen LogP contribution is -2.41. The lowest BCUT2D eigenvalue weighted by molar-refractivity contribution is 0.271. The van der Waals surface area contributed by atoms with Crippen LogP contribution in [0, 0.1) is 0 Å². The van der Waals surface area contributed by atoms with E-state index in [0.29, 0.717) is 7.92 Å². The average molecular weight is 159 g/mol. The second-order valence-corrected chi connectivity index (χ2v) is 6.42. The molecule has 0 aromatic carbocycles. The highest BCUT2D eigenvalue weighted by molar-refractivity contribution is 7.59. The van der Waals surface area contributed by atoms with Crippen molar-refractivity contribution in [2.45, 2.75) is 39.4 Å². The summed E-state index contributed by atoms with van der Waals surface area (Å²) in [5.41, 5.74) is 0.949. The Morgan fingerprint density at radius 3 is 1.90 bits per heavy atom. The van der Waals surface area contributed by atoms with Gasteiger partial charge in [0.1, 0.15) is 0 Å². The fraction of sp³-hybridized carbons (Fsp3) is 1.00. The van der Waals surface area contributed by atoms with Crippen molar-refractivity contribution in [1.29, 1.82) is 0 Å². The van der Waals surface area contributed by atoms with Gasteiger partial charge in [-0.15, -0.1) is 0 Å². The van der Waals surface area contributed by atoms with E-state index in [2.05, 4.69) is 32.6 Å². The molecule has 1 nitrogen and oxygen atoms in total. The zero-order chi connectivity index (χ0) is 7.72. The number of nitrogens with zero attached hydrogens (tertiary/aromatic N) is 1. The van der Waals surface area contributed by atoms with Crippen molar-refractivity contribution in [3.05, 3.63) is 0 Å². The standard InChI is InChI=1S/C8H18NP/c1-7(2)9-5-10(6-9)8(3)4/h7-8H,5-6H2,1-4H3. The Bertz CT molecular complexity index is 93.8. The summed E-state index contributed by atoms with van der Waals surface area (Å²) in [5, 5.41) is 0. The van der Waals surface area contributed by atoms with E-state index in [-0.39, 0.29) is 0 Å². The van der Waals surface area contributed by atoms with Gasteiger partial charge in [-0.25, -0.2) is 0 Å². The van der Waals surface area contributed by atoms with E-state index in [9.17, 15) is 0 Å². The summed E-state index contributed by atoms with van der Waals surface area (Å²) in [6, 6.07) is 0.775. The Balaban J connectivity index is 2.18. The van der Waals surface area contributed by atoms with E-state index in [0.717, 1.165) is 11.7 Å². The third kappa shape index (κ3) is 1.71. The lowest BCUT2D eigenvalue weighted by Gasteiger charge is -2.44. The highest BCUT2D eigenvalue weighted by Gasteiger charge is 2.29. The molecule has 0 spiro atoms. The zero-order valence-electron chi connectivity index (χ0n) is 7.46. The van der Waals surface area contributed by atoms with Gasteiger partial charge in [-0.1, -0.05) is 21.8 Å². The molecule has 0 unspecified atom stereocenters. The summed E-state index contributed by atoms with van der Waals surface area (Å²) in [6.45, 7) is 9.27. The topological polar surface area (TPSA) is 3.24 Å². The molecule has 1 aliphatic rings. The van der Waals surface area contributed by atoms with Crippen molar-refractivity contribution in [2.75, 3.05) is 12.6 Å². The predicted molar refractivity (Wildman–Crippen MR) is 48.8 cm³/mol. The average Bonchev–Trinajstić information content (AvgIpc) is 1.56.